The average molecular weight is 193 g/mol. The van der Waals surface area contributed by atoms with Crippen molar-refractivity contribution in [2.45, 2.75) is 32.4 Å². The van der Waals surface area contributed by atoms with Crippen molar-refractivity contribution in [3.8, 4) is 0 Å². The SMILES string of the molecule is CC(O)C(=O)O.CCC(N)C(=O)O. The van der Waals surface area contributed by atoms with Crippen LogP contribution in [0.1, 0.15) is 20.3 Å². The Morgan fingerprint density at radius 1 is 1.31 bits per heavy atom. The Bertz CT molecular complexity index is 168. The number of nitrogens with two attached hydrogens (primary N) is 1. The molecular formula is C7H15NO5. The maximum Gasteiger partial charge on any atom is 0.332 e. The summed E-state index contributed by atoms with van der Waals surface area (Å²) in [6.07, 6.45) is -0.736. The van der Waals surface area contributed by atoms with E-state index in [2.05, 4.69) is 0 Å². The highest BCUT2D eigenvalue weighted by Crippen LogP contribution is 1.82. The van der Waals surface area contributed by atoms with Gasteiger partial charge in [0.25, 0.3) is 0 Å². The molecule has 78 valence electrons. The zero-order valence-electron chi connectivity index (χ0n) is 7.60. The van der Waals surface area contributed by atoms with Crippen molar-refractivity contribution >= 4 is 11.9 Å². The molecule has 0 aromatic carbocycles. The van der Waals surface area contributed by atoms with Crippen LogP contribution in [-0.4, -0.2) is 39.4 Å². The molecule has 0 saturated heterocycles. The van der Waals surface area contributed by atoms with Gasteiger partial charge in [-0.3, -0.25) is 4.79 Å². The molecule has 13 heavy (non-hydrogen) atoms. The molecule has 0 aliphatic heterocycles. The number of aliphatic hydroxyl groups excluding tert-OH is 1. The zero-order chi connectivity index (χ0) is 11.0. The number of hydrogen-bond donors (Lipinski definition) is 4. The van der Waals surface area contributed by atoms with E-state index in [0.29, 0.717) is 6.42 Å². The zero-order valence-corrected chi connectivity index (χ0v) is 7.60. The number of carbonyl (C=O) groups is 2. The standard InChI is InChI=1S/C4H9NO2.C3H6O3/c1-2-3(5)4(6)7;1-2(4)3(5)6/h3H,2,5H2,1H3,(H,6,7);2,4H,1H3,(H,5,6). The monoisotopic (exact) mass is 193 g/mol. The Morgan fingerprint density at radius 3 is 1.62 bits per heavy atom. The van der Waals surface area contributed by atoms with Gasteiger partial charge in [-0.15, -0.1) is 0 Å². The van der Waals surface area contributed by atoms with Crippen LogP contribution in [0, 0.1) is 0 Å². The van der Waals surface area contributed by atoms with Gasteiger partial charge in [0.15, 0.2) is 0 Å². The summed E-state index contributed by atoms with van der Waals surface area (Å²) < 4.78 is 0. The first-order chi connectivity index (χ1) is 5.82. The number of hydrogen-bond acceptors (Lipinski definition) is 4. The van der Waals surface area contributed by atoms with Crippen LogP contribution in [0.2, 0.25) is 0 Å². The minimum absolute atomic E-state index is 0.495. The molecule has 0 aromatic rings. The largest absolute Gasteiger partial charge is 0.480 e. The molecule has 0 radical (unpaired) electrons. The van der Waals surface area contributed by atoms with E-state index < -0.39 is 24.1 Å². The molecule has 0 fully saturated rings. The van der Waals surface area contributed by atoms with Crippen LogP contribution < -0.4 is 5.73 Å². The first-order valence-electron chi connectivity index (χ1n) is 3.72. The topological polar surface area (TPSA) is 121 Å². The molecule has 0 aromatic heterocycles. The molecule has 0 spiro atoms. The first kappa shape index (κ1) is 14.4. The molecule has 6 heteroatoms. The summed E-state index contributed by atoms with van der Waals surface area (Å²) in [7, 11) is 0. The molecule has 0 bridgehead atoms. The molecule has 0 aliphatic carbocycles. The normalized spacial score (nSPS) is 13.5. The highest BCUT2D eigenvalue weighted by Gasteiger charge is 2.05. The maximum absolute atomic E-state index is 9.81. The fraction of sp³-hybridized carbons (Fsp3) is 0.714. The predicted molar refractivity (Wildman–Crippen MR) is 45.2 cm³/mol. The van der Waals surface area contributed by atoms with Crippen molar-refractivity contribution in [3.05, 3.63) is 0 Å². The number of carboxylic acids is 2. The van der Waals surface area contributed by atoms with E-state index >= 15 is 0 Å². The molecule has 0 saturated carbocycles. The van der Waals surface area contributed by atoms with Crippen molar-refractivity contribution in [2.75, 3.05) is 0 Å². The second kappa shape index (κ2) is 7.51. The lowest BCUT2D eigenvalue weighted by molar-refractivity contribution is -0.145. The number of rotatable bonds is 3. The van der Waals surface area contributed by atoms with Gasteiger partial charge in [-0.1, -0.05) is 6.92 Å². The Hall–Kier alpha value is -1.14. The summed E-state index contributed by atoms with van der Waals surface area (Å²) in [6.45, 7) is 2.93. The number of carboxylic acid groups (broad SMARTS) is 2. The molecule has 0 heterocycles. The predicted octanol–water partition coefficient (Wildman–Crippen LogP) is -0.740. The highest BCUT2D eigenvalue weighted by atomic mass is 16.4. The van der Waals surface area contributed by atoms with Crippen LogP contribution in [0.25, 0.3) is 0 Å². The Morgan fingerprint density at radius 2 is 1.62 bits per heavy atom. The summed E-state index contributed by atoms with van der Waals surface area (Å²) in [5.41, 5.74) is 5.02. The van der Waals surface area contributed by atoms with Crippen molar-refractivity contribution in [2.24, 2.45) is 5.73 Å². The summed E-state index contributed by atoms with van der Waals surface area (Å²) in [5, 5.41) is 23.8. The maximum atomic E-state index is 9.81. The van der Waals surface area contributed by atoms with Crippen molar-refractivity contribution < 1.29 is 24.9 Å². The minimum Gasteiger partial charge on any atom is -0.480 e. The number of aliphatic hydroxyl groups is 1. The van der Waals surface area contributed by atoms with Crippen LogP contribution in [-0.2, 0) is 9.59 Å². The number of aliphatic carboxylic acids is 2. The van der Waals surface area contributed by atoms with Gasteiger partial charge in [0.1, 0.15) is 12.1 Å². The summed E-state index contributed by atoms with van der Waals surface area (Å²) in [6, 6.07) is -0.681. The summed E-state index contributed by atoms with van der Waals surface area (Å²) in [5.74, 6) is -2.11. The fourth-order valence-electron chi connectivity index (χ4n) is 0.175. The van der Waals surface area contributed by atoms with Crippen molar-refractivity contribution in [1.29, 1.82) is 0 Å². The van der Waals surface area contributed by atoms with Crippen LogP contribution in [0.3, 0.4) is 0 Å². The van der Waals surface area contributed by atoms with E-state index in [0.717, 1.165) is 0 Å². The van der Waals surface area contributed by atoms with Crippen LogP contribution >= 0.6 is 0 Å². The van der Waals surface area contributed by atoms with Gasteiger partial charge in [0.05, 0.1) is 0 Å². The van der Waals surface area contributed by atoms with E-state index in [9.17, 15) is 9.59 Å². The summed E-state index contributed by atoms with van der Waals surface area (Å²) >= 11 is 0. The summed E-state index contributed by atoms with van der Waals surface area (Å²) in [4.78, 5) is 19.3. The second-order valence-corrected chi connectivity index (χ2v) is 2.37. The lowest BCUT2D eigenvalue weighted by atomic mass is 10.2. The van der Waals surface area contributed by atoms with Gasteiger partial charge >= 0.3 is 11.9 Å². The van der Waals surface area contributed by atoms with Crippen LogP contribution in [0.4, 0.5) is 0 Å². The third-order valence-electron chi connectivity index (χ3n) is 1.11. The van der Waals surface area contributed by atoms with Gasteiger partial charge in [0.2, 0.25) is 0 Å². The molecule has 6 nitrogen and oxygen atoms in total. The minimum atomic E-state index is -1.23. The molecular weight excluding hydrogens is 178 g/mol. The van der Waals surface area contributed by atoms with Crippen molar-refractivity contribution in [1.82, 2.24) is 0 Å². The molecule has 2 atom stereocenters. The fourth-order valence-corrected chi connectivity index (χ4v) is 0.175. The van der Waals surface area contributed by atoms with E-state index in [-0.39, 0.29) is 0 Å². The second-order valence-electron chi connectivity index (χ2n) is 2.37. The molecule has 5 N–H and O–H groups in total. The molecule has 0 amide bonds. The van der Waals surface area contributed by atoms with E-state index in [1.807, 2.05) is 0 Å². The van der Waals surface area contributed by atoms with E-state index in [4.69, 9.17) is 21.1 Å². The van der Waals surface area contributed by atoms with E-state index in [1.165, 1.54) is 6.92 Å². The van der Waals surface area contributed by atoms with Gasteiger partial charge in [0, 0.05) is 0 Å². The smallest absolute Gasteiger partial charge is 0.332 e. The quantitative estimate of drug-likeness (QED) is 0.468. The highest BCUT2D eigenvalue weighted by molar-refractivity contribution is 5.72. The van der Waals surface area contributed by atoms with Crippen LogP contribution in [0.5, 0.6) is 0 Å². The van der Waals surface area contributed by atoms with Gasteiger partial charge in [-0.2, -0.15) is 0 Å². The Kier molecular flexibility index (Phi) is 8.31. The Balaban J connectivity index is 0. The van der Waals surface area contributed by atoms with E-state index in [1.54, 1.807) is 6.92 Å². The molecule has 2 unspecified atom stereocenters. The van der Waals surface area contributed by atoms with Gasteiger partial charge in [-0.05, 0) is 13.3 Å². The lowest BCUT2D eigenvalue weighted by Gasteiger charge is -1.97. The first-order valence-corrected chi connectivity index (χ1v) is 3.72. The van der Waals surface area contributed by atoms with Crippen LogP contribution in [0.15, 0.2) is 0 Å². The Labute approximate surface area is 76.0 Å². The van der Waals surface area contributed by atoms with Gasteiger partial charge in [-0.25, -0.2) is 4.79 Å². The third kappa shape index (κ3) is 10.9. The third-order valence-corrected chi connectivity index (χ3v) is 1.11. The molecule has 0 rings (SSSR count). The lowest BCUT2D eigenvalue weighted by Crippen LogP contribution is -2.28. The average Bonchev–Trinajstić information content (AvgIpc) is 2.03. The molecule has 0 aliphatic rings. The van der Waals surface area contributed by atoms with Gasteiger partial charge < -0.3 is 21.1 Å². The van der Waals surface area contributed by atoms with Crippen molar-refractivity contribution in [3.63, 3.8) is 0 Å².